The first-order valence-corrected chi connectivity index (χ1v) is 10.8. The van der Waals surface area contributed by atoms with Crippen LogP contribution in [0, 0.1) is 37.0 Å². The van der Waals surface area contributed by atoms with Gasteiger partial charge in [0.15, 0.2) is 0 Å². The van der Waals surface area contributed by atoms with Gasteiger partial charge in [0.1, 0.15) is 6.07 Å². The van der Waals surface area contributed by atoms with Crippen LogP contribution in [-0.2, 0) is 0 Å². The van der Waals surface area contributed by atoms with Crippen molar-refractivity contribution < 1.29 is 0 Å². The third-order valence-corrected chi connectivity index (χ3v) is 6.94. The van der Waals surface area contributed by atoms with Crippen LogP contribution >= 0.6 is 0 Å². The van der Waals surface area contributed by atoms with Crippen molar-refractivity contribution in [3.63, 3.8) is 0 Å². The first kappa shape index (κ1) is 18.9. The minimum Gasteiger partial charge on any atom is -0.256 e. The highest BCUT2D eigenvalue weighted by Gasteiger charge is 2.35. The zero-order chi connectivity index (χ0) is 19.7. The third kappa shape index (κ3) is 3.51. The van der Waals surface area contributed by atoms with Crippen molar-refractivity contribution in [2.24, 2.45) is 11.8 Å². The lowest BCUT2D eigenvalue weighted by Gasteiger charge is -2.34. The van der Waals surface area contributed by atoms with E-state index in [1.807, 2.05) is 6.20 Å². The van der Waals surface area contributed by atoms with E-state index >= 15 is 0 Å². The van der Waals surface area contributed by atoms with Gasteiger partial charge in [0.2, 0.25) is 0 Å². The van der Waals surface area contributed by atoms with Crippen molar-refractivity contribution in [1.29, 1.82) is 5.26 Å². The second-order valence-corrected chi connectivity index (χ2v) is 8.83. The topological polar surface area (TPSA) is 36.7 Å². The molecule has 0 amide bonds. The molecule has 0 radical (unpaired) electrons. The fourth-order valence-corrected chi connectivity index (χ4v) is 5.34. The first-order chi connectivity index (χ1) is 13.6. The highest BCUT2D eigenvalue weighted by Crippen LogP contribution is 2.48. The standard InChI is InChI=1S/C26H30N2/c1-17-9-11-21-19(3)22(20-7-5-4-6-8-20)14-24(25(15-27)23(21)13-17)26-12-10-18(2)16-28-26/h9-13,16,19-20,22H,4-8,14H2,1-3H3. The molecule has 2 nitrogen and oxygen atoms in total. The fourth-order valence-electron chi connectivity index (χ4n) is 5.34. The van der Waals surface area contributed by atoms with Crippen molar-refractivity contribution in [3.8, 4) is 6.07 Å². The summed E-state index contributed by atoms with van der Waals surface area (Å²) in [6, 6.07) is 13.5. The zero-order valence-corrected chi connectivity index (χ0v) is 17.3. The van der Waals surface area contributed by atoms with Crippen molar-refractivity contribution in [2.75, 3.05) is 0 Å². The number of nitrogens with zero attached hydrogens (tertiary/aromatic N) is 2. The van der Waals surface area contributed by atoms with Crippen LogP contribution in [0.4, 0.5) is 0 Å². The van der Waals surface area contributed by atoms with Gasteiger partial charge in [0.05, 0.1) is 11.3 Å². The Hall–Kier alpha value is -2.40. The van der Waals surface area contributed by atoms with Crippen molar-refractivity contribution >= 4 is 11.1 Å². The molecule has 2 atom stereocenters. The van der Waals surface area contributed by atoms with Crippen LogP contribution in [0.3, 0.4) is 0 Å². The highest BCUT2D eigenvalue weighted by molar-refractivity contribution is 5.98. The molecule has 0 N–H and O–H groups in total. The van der Waals surface area contributed by atoms with E-state index in [-0.39, 0.29) is 0 Å². The Morgan fingerprint density at radius 3 is 2.43 bits per heavy atom. The number of aryl methyl sites for hydroxylation is 2. The Morgan fingerprint density at radius 2 is 1.75 bits per heavy atom. The van der Waals surface area contributed by atoms with Crippen LogP contribution < -0.4 is 0 Å². The second-order valence-electron chi connectivity index (χ2n) is 8.83. The summed E-state index contributed by atoms with van der Waals surface area (Å²) in [5.74, 6) is 1.78. The first-order valence-electron chi connectivity index (χ1n) is 10.8. The van der Waals surface area contributed by atoms with Gasteiger partial charge >= 0.3 is 0 Å². The molecule has 1 fully saturated rings. The van der Waals surface area contributed by atoms with Gasteiger partial charge in [0, 0.05) is 6.20 Å². The van der Waals surface area contributed by atoms with Crippen molar-refractivity contribution in [1.82, 2.24) is 4.98 Å². The normalized spacial score (nSPS) is 23.1. The number of aromatic nitrogens is 1. The Morgan fingerprint density at radius 1 is 1.00 bits per heavy atom. The van der Waals surface area contributed by atoms with Crippen molar-refractivity contribution in [2.45, 2.75) is 65.2 Å². The molecule has 2 heteroatoms. The van der Waals surface area contributed by atoms with E-state index in [0.29, 0.717) is 11.8 Å². The van der Waals surface area contributed by atoms with E-state index in [2.05, 4.69) is 57.2 Å². The Balaban J connectivity index is 1.90. The molecular weight excluding hydrogens is 340 g/mol. The van der Waals surface area contributed by atoms with Crippen LogP contribution in [0.25, 0.3) is 11.1 Å². The minimum absolute atomic E-state index is 0.463. The van der Waals surface area contributed by atoms with Gasteiger partial charge in [-0.05, 0) is 66.4 Å². The van der Waals surface area contributed by atoms with E-state index in [1.165, 1.54) is 43.2 Å². The summed E-state index contributed by atoms with van der Waals surface area (Å²) in [4.78, 5) is 4.73. The quantitative estimate of drug-likeness (QED) is 0.580. The Bertz CT molecular complexity index is 924. The maximum absolute atomic E-state index is 10.2. The molecule has 1 aromatic carbocycles. The third-order valence-electron chi connectivity index (χ3n) is 6.94. The molecule has 0 spiro atoms. The maximum Gasteiger partial charge on any atom is 0.100 e. The molecule has 28 heavy (non-hydrogen) atoms. The fraction of sp³-hybridized carbons (Fsp3) is 0.462. The zero-order valence-electron chi connectivity index (χ0n) is 17.3. The summed E-state index contributed by atoms with van der Waals surface area (Å²) >= 11 is 0. The molecule has 2 aromatic rings. The molecule has 1 aromatic heterocycles. The molecule has 1 heterocycles. The smallest absolute Gasteiger partial charge is 0.100 e. The molecule has 144 valence electrons. The van der Waals surface area contributed by atoms with Gasteiger partial charge < -0.3 is 0 Å². The summed E-state index contributed by atoms with van der Waals surface area (Å²) in [5.41, 5.74) is 7.81. The molecule has 0 bridgehead atoms. The number of benzene rings is 1. The number of hydrogen-bond donors (Lipinski definition) is 0. The minimum atomic E-state index is 0.463. The maximum atomic E-state index is 10.2. The summed E-state index contributed by atoms with van der Waals surface area (Å²) in [6.07, 6.45) is 9.61. The molecule has 4 rings (SSSR count). The van der Waals surface area contributed by atoms with Crippen LogP contribution in [0.5, 0.6) is 0 Å². The van der Waals surface area contributed by atoms with Crippen LogP contribution in [0.2, 0.25) is 0 Å². The predicted molar refractivity (Wildman–Crippen MR) is 116 cm³/mol. The van der Waals surface area contributed by atoms with Crippen LogP contribution in [-0.4, -0.2) is 4.98 Å². The van der Waals surface area contributed by atoms with E-state index < -0.39 is 0 Å². The average Bonchev–Trinajstić information content (AvgIpc) is 2.83. The van der Waals surface area contributed by atoms with Gasteiger partial charge in [-0.15, -0.1) is 0 Å². The van der Waals surface area contributed by atoms with Crippen LogP contribution in [0.1, 0.15) is 79.3 Å². The lowest BCUT2D eigenvalue weighted by Crippen LogP contribution is -2.23. The van der Waals surface area contributed by atoms with Crippen molar-refractivity contribution in [3.05, 3.63) is 64.5 Å². The monoisotopic (exact) mass is 370 g/mol. The average molecular weight is 371 g/mol. The van der Waals surface area contributed by atoms with Gasteiger partial charge in [0.25, 0.3) is 0 Å². The molecule has 0 saturated heterocycles. The summed E-state index contributed by atoms with van der Waals surface area (Å²) in [6.45, 7) is 6.57. The van der Waals surface area contributed by atoms with Crippen LogP contribution in [0.15, 0.2) is 36.5 Å². The largest absolute Gasteiger partial charge is 0.256 e. The lowest BCUT2D eigenvalue weighted by atomic mass is 9.70. The Kier molecular flexibility index (Phi) is 5.36. The van der Waals surface area contributed by atoms with Gasteiger partial charge in [-0.25, -0.2) is 0 Å². The number of allylic oxidation sites excluding steroid dienone is 2. The lowest BCUT2D eigenvalue weighted by molar-refractivity contribution is 0.225. The van der Waals surface area contributed by atoms with Gasteiger partial charge in [-0.1, -0.05) is 68.9 Å². The molecule has 2 aliphatic carbocycles. The van der Waals surface area contributed by atoms with E-state index in [4.69, 9.17) is 4.98 Å². The number of nitriles is 1. The SMILES string of the molecule is Cc1ccc(C2=C(C#N)c3cc(C)ccc3C(C)C(C3CCCCC3)C2)nc1. The van der Waals surface area contributed by atoms with Gasteiger partial charge in [-0.3, -0.25) is 4.98 Å². The molecule has 2 aliphatic rings. The second kappa shape index (κ2) is 7.92. The summed E-state index contributed by atoms with van der Waals surface area (Å²) < 4.78 is 0. The van der Waals surface area contributed by atoms with Gasteiger partial charge in [-0.2, -0.15) is 5.26 Å². The summed E-state index contributed by atoms with van der Waals surface area (Å²) in [5, 5.41) is 10.2. The van der Waals surface area contributed by atoms with E-state index in [1.54, 1.807) is 0 Å². The number of hydrogen-bond acceptors (Lipinski definition) is 2. The number of fused-ring (bicyclic) bond motifs is 1. The number of pyridine rings is 1. The highest BCUT2D eigenvalue weighted by atomic mass is 14.7. The molecule has 1 saturated carbocycles. The van der Waals surface area contributed by atoms with E-state index in [9.17, 15) is 5.26 Å². The predicted octanol–water partition coefficient (Wildman–Crippen LogP) is 6.84. The molecule has 2 unspecified atom stereocenters. The molecular formula is C26H30N2. The Labute approximate surface area is 169 Å². The van der Waals surface area contributed by atoms with E-state index in [0.717, 1.165) is 40.3 Å². The molecule has 0 aliphatic heterocycles. The number of rotatable bonds is 2. The summed E-state index contributed by atoms with van der Waals surface area (Å²) in [7, 11) is 0.